The highest BCUT2D eigenvalue weighted by Gasteiger charge is 2.13. The molecule has 1 N–H and O–H groups in total. The van der Waals surface area contributed by atoms with Crippen LogP contribution in [0.25, 0.3) is 11.4 Å². The fourth-order valence-corrected chi connectivity index (χ4v) is 1.59. The molecule has 0 unspecified atom stereocenters. The molecular weight excluding hydrogens is 240 g/mol. The van der Waals surface area contributed by atoms with Gasteiger partial charge in [-0.15, -0.1) is 0 Å². The maximum atomic E-state index is 13.6. The third-order valence-corrected chi connectivity index (χ3v) is 2.48. The predicted octanol–water partition coefficient (Wildman–Crippen LogP) is 1.57. The third kappa shape index (κ3) is 2.37. The maximum absolute atomic E-state index is 13.6. The molecule has 0 saturated heterocycles. The first-order valence-corrected chi connectivity index (χ1v) is 5.29. The Morgan fingerprint density at radius 2 is 2.22 bits per heavy atom. The molecule has 0 radical (unpaired) electrons. The first kappa shape index (κ1) is 12.2. The van der Waals surface area contributed by atoms with Gasteiger partial charge in [0.1, 0.15) is 24.0 Å². The first-order chi connectivity index (χ1) is 8.61. The number of imidazole rings is 1. The van der Waals surface area contributed by atoms with Crippen LogP contribution in [-0.4, -0.2) is 22.5 Å². The van der Waals surface area contributed by atoms with E-state index in [0.29, 0.717) is 0 Å². The van der Waals surface area contributed by atoms with Gasteiger partial charge in [-0.25, -0.2) is 13.8 Å². The second kappa shape index (κ2) is 4.95. The Morgan fingerprint density at radius 1 is 1.44 bits per heavy atom. The van der Waals surface area contributed by atoms with E-state index in [9.17, 15) is 13.6 Å². The van der Waals surface area contributed by atoms with Gasteiger partial charge >= 0.3 is 0 Å². The van der Waals surface area contributed by atoms with Crippen LogP contribution in [0.15, 0.2) is 30.6 Å². The van der Waals surface area contributed by atoms with Crippen molar-refractivity contribution < 1.29 is 13.6 Å². The Balaban J connectivity index is 2.39. The van der Waals surface area contributed by atoms with E-state index >= 15 is 0 Å². The molecule has 0 fully saturated rings. The second-order valence-corrected chi connectivity index (χ2v) is 3.68. The number of halogens is 2. The Bertz CT molecular complexity index is 580. The highest BCUT2D eigenvalue weighted by Crippen LogP contribution is 2.21. The van der Waals surface area contributed by atoms with Gasteiger partial charge in [-0.2, -0.15) is 0 Å². The molecule has 1 amide bonds. The Hall–Kier alpha value is -2.24. The van der Waals surface area contributed by atoms with E-state index in [1.54, 1.807) is 6.20 Å². The lowest BCUT2D eigenvalue weighted by Crippen LogP contribution is -2.23. The lowest BCUT2D eigenvalue weighted by molar-refractivity contribution is -0.121. The molecule has 18 heavy (non-hydrogen) atoms. The fourth-order valence-electron chi connectivity index (χ4n) is 1.59. The molecule has 94 valence electrons. The molecule has 2 aromatic rings. The minimum absolute atomic E-state index is 0.0304. The molecule has 6 heteroatoms. The predicted molar refractivity (Wildman–Crippen MR) is 61.6 cm³/mol. The van der Waals surface area contributed by atoms with Crippen molar-refractivity contribution in [3.63, 3.8) is 0 Å². The maximum Gasteiger partial charge on any atom is 0.239 e. The van der Waals surface area contributed by atoms with Crippen molar-refractivity contribution in [2.75, 3.05) is 7.05 Å². The minimum Gasteiger partial charge on any atom is -0.358 e. The van der Waals surface area contributed by atoms with Crippen molar-refractivity contribution in [3.05, 3.63) is 42.2 Å². The molecule has 0 bridgehead atoms. The molecule has 1 aromatic heterocycles. The van der Waals surface area contributed by atoms with Crippen LogP contribution in [0.3, 0.4) is 0 Å². The minimum atomic E-state index is -0.709. The monoisotopic (exact) mass is 251 g/mol. The van der Waals surface area contributed by atoms with Crippen molar-refractivity contribution in [1.29, 1.82) is 0 Å². The molecule has 0 spiro atoms. The van der Waals surface area contributed by atoms with Crippen molar-refractivity contribution in [2.24, 2.45) is 0 Å². The van der Waals surface area contributed by atoms with E-state index in [1.807, 2.05) is 0 Å². The molecular formula is C12H11F2N3O. The van der Waals surface area contributed by atoms with E-state index in [-0.39, 0.29) is 23.8 Å². The highest BCUT2D eigenvalue weighted by molar-refractivity contribution is 5.76. The van der Waals surface area contributed by atoms with Gasteiger partial charge < -0.3 is 9.88 Å². The Kier molecular flexibility index (Phi) is 3.36. The van der Waals surface area contributed by atoms with Gasteiger partial charge in [-0.3, -0.25) is 4.79 Å². The van der Waals surface area contributed by atoms with Crippen LogP contribution in [0.5, 0.6) is 0 Å². The molecule has 0 aliphatic rings. The van der Waals surface area contributed by atoms with Gasteiger partial charge in [0.05, 0.1) is 5.56 Å². The van der Waals surface area contributed by atoms with Crippen LogP contribution >= 0.6 is 0 Å². The van der Waals surface area contributed by atoms with Crippen LogP contribution in [0.4, 0.5) is 8.78 Å². The number of likely N-dealkylation sites (N-methyl/N-ethyl adjacent to an activating group) is 1. The lowest BCUT2D eigenvalue weighted by atomic mass is 10.2. The summed E-state index contributed by atoms with van der Waals surface area (Å²) in [5.41, 5.74) is 0.158. The summed E-state index contributed by atoms with van der Waals surface area (Å²) in [4.78, 5) is 15.3. The van der Waals surface area contributed by atoms with E-state index in [4.69, 9.17) is 0 Å². The zero-order valence-electron chi connectivity index (χ0n) is 9.65. The van der Waals surface area contributed by atoms with E-state index in [1.165, 1.54) is 23.9 Å². The van der Waals surface area contributed by atoms with Crippen LogP contribution in [-0.2, 0) is 11.3 Å². The van der Waals surface area contributed by atoms with Crippen molar-refractivity contribution in [1.82, 2.24) is 14.9 Å². The topological polar surface area (TPSA) is 46.9 Å². The van der Waals surface area contributed by atoms with Gasteiger partial charge in [0.2, 0.25) is 5.91 Å². The van der Waals surface area contributed by atoms with Crippen LogP contribution in [0.1, 0.15) is 0 Å². The summed E-state index contributed by atoms with van der Waals surface area (Å²) in [7, 11) is 1.51. The smallest absolute Gasteiger partial charge is 0.239 e. The molecule has 1 aromatic carbocycles. The normalized spacial score (nSPS) is 10.4. The van der Waals surface area contributed by atoms with E-state index < -0.39 is 11.6 Å². The van der Waals surface area contributed by atoms with Gasteiger partial charge in [-0.05, 0) is 12.1 Å². The number of aromatic nitrogens is 2. The van der Waals surface area contributed by atoms with Gasteiger partial charge in [0, 0.05) is 25.5 Å². The quantitative estimate of drug-likeness (QED) is 0.900. The highest BCUT2D eigenvalue weighted by atomic mass is 19.1. The average molecular weight is 251 g/mol. The van der Waals surface area contributed by atoms with E-state index in [0.717, 1.165) is 12.1 Å². The number of amides is 1. The number of nitrogens with one attached hydrogen (secondary N) is 1. The second-order valence-electron chi connectivity index (χ2n) is 3.68. The molecule has 1 heterocycles. The molecule has 0 aliphatic carbocycles. The summed E-state index contributed by atoms with van der Waals surface area (Å²) in [6.45, 7) is 0.0304. The van der Waals surface area contributed by atoms with E-state index in [2.05, 4.69) is 10.3 Å². The van der Waals surface area contributed by atoms with Crippen LogP contribution in [0.2, 0.25) is 0 Å². The number of rotatable bonds is 3. The summed E-state index contributed by atoms with van der Waals surface area (Å²) in [5.74, 6) is -1.30. The zero-order chi connectivity index (χ0) is 13.1. The van der Waals surface area contributed by atoms with Gasteiger partial charge in [0.15, 0.2) is 0 Å². The summed E-state index contributed by atoms with van der Waals surface area (Å²) < 4.78 is 27.9. The fraction of sp³-hybridized carbons (Fsp3) is 0.167. The number of carbonyl (C=O) groups excluding carboxylic acids is 1. The molecule has 0 atom stereocenters. The number of carbonyl (C=O) groups is 1. The number of hydrogen-bond acceptors (Lipinski definition) is 2. The summed E-state index contributed by atoms with van der Waals surface area (Å²) in [6, 6.07) is 3.24. The standard InChI is InChI=1S/C12H11F2N3O/c1-15-11(18)7-17-5-4-16-12(17)9-3-2-8(13)6-10(9)14/h2-6H,7H2,1H3,(H,15,18). The zero-order valence-corrected chi connectivity index (χ0v) is 9.65. The van der Waals surface area contributed by atoms with Crippen LogP contribution in [0, 0.1) is 11.6 Å². The number of benzene rings is 1. The van der Waals surface area contributed by atoms with Crippen molar-refractivity contribution in [3.8, 4) is 11.4 Å². The summed E-state index contributed by atoms with van der Waals surface area (Å²) >= 11 is 0. The summed E-state index contributed by atoms with van der Waals surface area (Å²) in [5, 5.41) is 2.46. The SMILES string of the molecule is CNC(=O)Cn1ccnc1-c1ccc(F)cc1F. The van der Waals surface area contributed by atoms with Crippen molar-refractivity contribution >= 4 is 5.91 Å². The van der Waals surface area contributed by atoms with Crippen LogP contribution < -0.4 is 5.32 Å². The largest absolute Gasteiger partial charge is 0.358 e. The first-order valence-electron chi connectivity index (χ1n) is 5.29. The lowest BCUT2D eigenvalue weighted by Gasteiger charge is -2.07. The third-order valence-electron chi connectivity index (χ3n) is 2.48. The summed E-state index contributed by atoms with van der Waals surface area (Å²) in [6.07, 6.45) is 3.02. The van der Waals surface area contributed by atoms with Gasteiger partial charge in [0.25, 0.3) is 0 Å². The number of nitrogens with zero attached hydrogens (tertiary/aromatic N) is 2. The Labute approximate surface area is 102 Å². The number of hydrogen-bond donors (Lipinski definition) is 1. The van der Waals surface area contributed by atoms with Crippen molar-refractivity contribution in [2.45, 2.75) is 6.54 Å². The Morgan fingerprint density at radius 3 is 2.89 bits per heavy atom. The molecule has 4 nitrogen and oxygen atoms in total. The molecule has 0 saturated carbocycles. The molecule has 2 rings (SSSR count). The van der Waals surface area contributed by atoms with Gasteiger partial charge in [-0.1, -0.05) is 0 Å². The molecule has 0 aliphatic heterocycles. The average Bonchev–Trinajstić information content (AvgIpc) is 2.77.